The standard InChI is InChI=1S/C15H13BrN2O2S/c1-9-2-5-11(12(16)8-9)13-6-3-10(20-13)4-7-14(19)18-15(17)21/h2-8H,1H3,(H3,17,18,19,21)/b7-4+. The van der Waals surface area contributed by atoms with Gasteiger partial charge in [-0.25, -0.2) is 0 Å². The normalized spacial score (nSPS) is 10.8. The van der Waals surface area contributed by atoms with Crippen LogP contribution in [-0.4, -0.2) is 11.0 Å². The summed E-state index contributed by atoms with van der Waals surface area (Å²) in [5.74, 6) is 0.892. The molecule has 1 aromatic heterocycles. The van der Waals surface area contributed by atoms with Crippen LogP contribution in [0.3, 0.4) is 0 Å². The number of nitrogens with two attached hydrogens (primary N) is 1. The SMILES string of the molecule is Cc1ccc(-c2ccc(/C=C/C(=O)NC(N)=S)o2)c(Br)c1. The van der Waals surface area contributed by atoms with E-state index >= 15 is 0 Å². The van der Waals surface area contributed by atoms with Gasteiger partial charge in [0.05, 0.1) is 0 Å². The smallest absolute Gasteiger partial charge is 0.250 e. The summed E-state index contributed by atoms with van der Waals surface area (Å²) in [7, 11) is 0. The lowest BCUT2D eigenvalue weighted by Gasteiger charge is -2.02. The molecular formula is C15H13BrN2O2S. The molecule has 0 saturated heterocycles. The first-order valence-corrected chi connectivity index (χ1v) is 7.30. The Kier molecular flexibility index (Phi) is 4.93. The molecule has 1 aromatic carbocycles. The molecule has 2 rings (SSSR count). The second kappa shape index (κ2) is 6.69. The van der Waals surface area contributed by atoms with Gasteiger partial charge in [-0.05, 0) is 55.0 Å². The minimum Gasteiger partial charge on any atom is -0.457 e. The van der Waals surface area contributed by atoms with Gasteiger partial charge in [0.15, 0.2) is 5.11 Å². The van der Waals surface area contributed by atoms with Gasteiger partial charge in [-0.2, -0.15) is 0 Å². The molecule has 21 heavy (non-hydrogen) atoms. The highest BCUT2D eigenvalue weighted by Gasteiger charge is 2.07. The van der Waals surface area contributed by atoms with Gasteiger partial charge in [0.1, 0.15) is 11.5 Å². The van der Waals surface area contributed by atoms with E-state index in [1.807, 2.05) is 31.2 Å². The Morgan fingerprint density at radius 1 is 1.38 bits per heavy atom. The predicted molar refractivity (Wildman–Crippen MR) is 90.5 cm³/mol. The fourth-order valence-electron chi connectivity index (χ4n) is 1.73. The number of nitrogens with one attached hydrogen (secondary N) is 1. The van der Waals surface area contributed by atoms with Crippen molar-refractivity contribution in [1.29, 1.82) is 0 Å². The second-order valence-corrected chi connectivity index (χ2v) is 5.67. The van der Waals surface area contributed by atoms with Crippen LogP contribution in [0.2, 0.25) is 0 Å². The van der Waals surface area contributed by atoms with Gasteiger partial charge in [0.2, 0.25) is 5.91 Å². The lowest BCUT2D eigenvalue weighted by Crippen LogP contribution is -2.33. The second-order valence-electron chi connectivity index (χ2n) is 4.37. The van der Waals surface area contributed by atoms with Crippen LogP contribution >= 0.6 is 28.1 Å². The summed E-state index contributed by atoms with van der Waals surface area (Å²) in [5.41, 5.74) is 7.32. The van der Waals surface area contributed by atoms with Crippen LogP contribution in [0, 0.1) is 6.92 Å². The molecular weight excluding hydrogens is 352 g/mol. The van der Waals surface area contributed by atoms with Gasteiger partial charge in [-0.3, -0.25) is 10.1 Å². The Labute approximate surface area is 136 Å². The number of hydrogen-bond donors (Lipinski definition) is 2. The van der Waals surface area contributed by atoms with Gasteiger partial charge < -0.3 is 10.2 Å². The van der Waals surface area contributed by atoms with E-state index in [1.54, 1.807) is 12.1 Å². The zero-order valence-corrected chi connectivity index (χ0v) is 13.6. The van der Waals surface area contributed by atoms with Crippen LogP contribution in [0.1, 0.15) is 11.3 Å². The maximum absolute atomic E-state index is 11.4. The van der Waals surface area contributed by atoms with Crippen molar-refractivity contribution in [2.45, 2.75) is 6.92 Å². The van der Waals surface area contributed by atoms with E-state index in [1.165, 1.54) is 6.08 Å². The summed E-state index contributed by atoms with van der Waals surface area (Å²) >= 11 is 8.09. The molecule has 108 valence electrons. The Hall–Kier alpha value is -1.92. The molecule has 1 heterocycles. The van der Waals surface area contributed by atoms with Gasteiger partial charge in [-0.15, -0.1) is 0 Å². The molecule has 0 aliphatic heterocycles. The number of thiocarbonyl (C=S) groups is 1. The third-order valence-electron chi connectivity index (χ3n) is 2.66. The average molecular weight is 365 g/mol. The molecule has 4 nitrogen and oxygen atoms in total. The highest BCUT2D eigenvalue weighted by atomic mass is 79.9. The molecule has 0 fully saturated rings. The fraction of sp³-hybridized carbons (Fsp3) is 0.0667. The number of rotatable bonds is 3. The zero-order valence-electron chi connectivity index (χ0n) is 11.2. The van der Waals surface area contributed by atoms with Crippen LogP contribution in [-0.2, 0) is 4.79 Å². The number of amides is 1. The highest BCUT2D eigenvalue weighted by molar-refractivity contribution is 9.10. The molecule has 0 bridgehead atoms. The number of aryl methyl sites for hydroxylation is 1. The summed E-state index contributed by atoms with van der Waals surface area (Å²) in [6.45, 7) is 2.02. The van der Waals surface area contributed by atoms with Crippen LogP contribution < -0.4 is 11.1 Å². The number of hydrogen-bond acceptors (Lipinski definition) is 3. The molecule has 0 spiro atoms. The van der Waals surface area contributed by atoms with Crippen molar-refractivity contribution in [3.63, 3.8) is 0 Å². The summed E-state index contributed by atoms with van der Waals surface area (Å²) in [5, 5.41) is 2.24. The maximum Gasteiger partial charge on any atom is 0.250 e. The van der Waals surface area contributed by atoms with Crippen molar-refractivity contribution in [2.75, 3.05) is 0 Å². The molecule has 0 aliphatic carbocycles. The van der Waals surface area contributed by atoms with Crippen molar-refractivity contribution in [1.82, 2.24) is 5.32 Å². The molecule has 0 unspecified atom stereocenters. The van der Waals surface area contributed by atoms with E-state index in [-0.39, 0.29) is 5.11 Å². The monoisotopic (exact) mass is 364 g/mol. The minimum atomic E-state index is -0.392. The number of carbonyl (C=O) groups is 1. The third kappa shape index (κ3) is 4.27. The number of benzene rings is 1. The van der Waals surface area contributed by atoms with E-state index in [0.29, 0.717) is 5.76 Å². The Bertz CT molecular complexity index is 722. The lowest BCUT2D eigenvalue weighted by molar-refractivity contribution is -0.115. The third-order valence-corrected chi connectivity index (χ3v) is 3.42. The maximum atomic E-state index is 11.4. The van der Waals surface area contributed by atoms with E-state index in [4.69, 9.17) is 10.2 Å². The van der Waals surface area contributed by atoms with Gasteiger partial charge in [0, 0.05) is 16.1 Å². The van der Waals surface area contributed by atoms with E-state index in [0.717, 1.165) is 21.4 Å². The summed E-state index contributed by atoms with van der Waals surface area (Å²) in [4.78, 5) is 11.4. The van der Waals surface area contributed by atoms with Crippen LogP contribution in [0.5, 0.6) is 0 Å². The molecule has 1 amide bonds. The number of carbonyl (C=O) groups excluding carboxylic acids is 1. The zero-order chi connectivity index (χ0) is 15.4. The quantitative estimate of drug-likeness (QED) is 0.646. The number of halogens is 1. The number of furan rings is 1. The first-order valence-electron chi connectivity index (χ1n) is 6.10. The van der Waals surface area contributed by atoms with Gasteiger partial charge >= 0.3 is 0 Å². The Balaban J connectivity index is 2.16. The van der Waals surface area contributed by atoms with E-state index < -0.39 is 5.91 Å². The lowest BCUT2D eigenvalue weighted by atomic mass is 10.1. The highest BCUT2D eigenvalue weighted by Crippen LogP contribution is 2.30. The predicted octanol–water partition coefficient (Wildman–Crippen LogP) is 3.39. The summed E-state index contributed by atoms with van der Waals surface area (Å²) < 4.78 is 6.64. The van der Waals surface area contributed by atoms with Gasteiger partial charge in [-0.1, -0.05) is 22.0 Å². The average Bonchev–Trinajstić information content (AvgIpc) is 2.84. The molecule has 2 aromatic rings. The molecule has 6 heteroatoms. The fourth-order valence-corrected chi connectivity index (χ4v) is 2.52. The Morgan fingerprint density at radius 3 is 2.81 bits per heavy atom. The molecule has 0 saturated carbocycles. The van der Waals surface area contributed by atoms with Crippen molar-refractivity contribution < 1.29 is 9.21 Å². The van der Waals surface area contributed by atoms with Crippen molar-refractivity contribution in [3.8, 4) is 11.3 Å². The van der Waals surface area contributed by atoms with Crippen molar-refractivity contribution >= 4 is 45.2 Å². The summed E-state index contributed by atoms with van der Waals surface area (Å²) in [6, 6.07) is 9.63. The van der Waals surface area contributed by atoms with Crippen LogP contribution in [0.4, 0.5) is 0 Å². The molecule has 0 atom stereocenters. The largest absolute Gasteiger partial charge is 0.457 e. The first-order chi connectivity index (χ1) is 9.95. The first kappa shape index (κ1) is 15.5. The Morgan fingerprint density at radius 2 is 2.14 bits per heavy atom. The van der Waals surface area contributed by atoms with Crippen molar-refractivity contribution in [2.24, 2.45) is 5.73 Å². The minimum absolute atomic E-state index is 0.0617. The molecule has 3 N–H and O–H groups in total. The van der Waals surface area contributed by atoms with Gasteiger partial charge in [0.25, 0.3) is 0 Å². The van der Waals surface area contributed by atoms with E-state index in [2.05, 4.69) is 33.5 Å². The molecule has 0 aliphatic rings. The van der Waals surface area contributed by atoms with Crippen LogP contribution in [0.25, 0.3) is 17.4 Å². The molecule has 0 radical (unpaired) electrons. The van der Waals surface area contributed by atoms with Crippen molar-refractivity contribution in [3.05, 3.63) is 52.2 Å². The summed E-state index contributed by atoms with van der Waals surface area (Å²) in [6.07, 6.45) is 2.87. The van der Waals surface area contributed by atoms with Crippen LogP contribution in [0.15, 0.2) is 45.3 Å². The topological polar surface area (TPSA) is 68.3 Å². The van der Waals surface area contributed by atoms with E-state index in [9.17, 15) is 4.79 Å².